The molecule has 0 radical (unpaired) electrons. The third-order valence-corrected chi connectivity index (χ3v) is 1.72. The predicted molar refractivity (Wildman–Crippen MR) is 65.4 cm³/mol. The van der Waals surface area contributed by atoms with Crippen LogP contribution in [0.25, 0.3) is 0 Å². The van der Waals surface area contributed by atoms with E-state index >= 15 is 0 Å². The maximum atomic E-state index is 3.66. The first-order chi connectivity index (χ1) is 6.85. The largest absolute Gasteiger partial charge is 0.103 e. The Morgan fingerprint density at radius 3 is 2.07 bits per heavy atom. The number of benzene rings is 1. The summed E-state index contributed by atoms with van der Waals surface area (Å²) in [5.41, 5.74) is 1.33. The monoisotopic (exact) mass is 188 g/mol. The third-order valence-electron chi connectivity index (χ3n) is 1.72. The molecule has 0 aromatic heterocycles. The zero-order chi connectivity index (χ0) is 10.6. The fraction of sp³-hybridized carbons (Fsp3) is 0.286. The number of allylic oxidation sites excluding steroid dienone is 2. The van der Waals surface area contributed by atoms with Gasteiger partial charge in [-0.15, -0.1) is 13.2 Å². The smallest absolute Gasteiger partial charge is 0.0100 e. The molecule has 0 unspecified atom stereocenters. The van der Waals surface area contributed by atoms with Gasteiger partial charge in [-0.3, -0.25) is 0 Å². The summed E-state index contributed by atoms with van der Waals surface area (Å²) in [5.74, 6) is 0. The summed E-state index contributed by atoms with van der Waals surface area (Å²) in [4.78, 5) is 0. The second-order valence-corrected chi connectivity index (χ2v) is 3.06. The summed E-state index contributed by atoms with van der Waals surface area (Å²) < 4.78 is 0. The van der Waals surface area contributed by atoms with E-state index in [-0.39, 0.29) is 0 Å². The van der Waals surface area contributed by atoms with Gasteiger partial charge in [-0.1, -0.05) is 55.8 Å². The van der Waals surface area contributed by atoms with Gasteiger partial charge in [0.1, 0.15) is 0 Å². The highest BCUT2D eigenvalue weighted by Gasteiger charge is 1.82. The normalized spacial score (nSPS) is 8.36. The molecule has 14 heavy (non-hydrogen) atoms. The fourth-order valence-corrected chi connectivity index (χ4v) is 0.985. The molecule has 0 aliphatic carbocycles. The lowest BCUT2D eigenvalue weighted by molar-refractivity contribution is 0.961. The molecule has 1 aromatic rings. The summed E-state index contributed by atoms with van der Waals surface area (Å²) in [5, 5.41) is 0. The average Bonchev–Trinajstić information content (AvgIpc) is 2.22. The third kappa shape index (κ3) is 7.35. The second kappa shape index (κ2) is 9.79. The summed E-state index contributed by atoms with van der Waals surface area (Å²) in [7, 11) is 0. The molecule has 0 bridgehead atoms. The van der Waals surface area contributed by atoms with Crippen molar-refractivity contribution in [3.05, 3.63) is 61.2 Å². The Morgan fingerprint density at radius 2 is 1.71 bits per heavy atom. The van der Waals surface area contributed by atoms with Crippen LogP contribution in [0.4, 0.5) is 0 Å². The van der Waals surface area contributed by atoms with Crippen molar-refractivity contribution in [2.24, 2.45) is 0 Å². The number of rotatable bonds is 4. The lowest BCUT2D eigenvalue weighted by Gasteiger charge is -1.91. The van der Waals surface area contributed by atoms with Gasteiger partial charge in [-0.2, -0.15) is 0 Å². The van der Waals surface area contributed by atoms with Crippen molar-refractivity contribution < 1.29 is 0 Å². The topological polar surface area (TPSA) is 0 Å². The van der Waals surface area contributed by atoms with Gasteiger partial charge in [-0.25, -0.2) is 0 Å². The molecule has 0 saturated carbocycles. The van der Waals surface area contributed by atoms with Crippen LogP contribution >= 0.6 is 0 Å². The van der Waals surface area contributed by atoms with E-state index in [0.29, 0.717) is 0 Å². The van der Waals surface area contributed by atoms with Crippen molar-refractivity contribution >= 4 is 0 Å². The van der Waals surface area contributed by atoms with E-state index in [2.05, 4.69) is 32.2 Å². The molecule has 0 amide bonds. The van der Waals surface area contributed by atoms with E-state index in [0.717, 1.165) is 12.8 Å². The van der Waals surface area contributed by atoms with E-state index < -0.39 is 0 Å². The van der Waals surface area contributed by atoms with Gasteiger partial charge in [0.15, 0.2) is 0 Å². The van der Waals surface area contributed by atoms with Crippen LogP contribution in [-0.4, -0.2) is 0 Å². The number of hydrogen-bond acceptors (Lipinski definition) is 0. The van der Waals surface area contributed by atoms with Crippen LogP contribution in [-0.2, 0) is 6.42 Å². The van der Waals surface area contributed by atoms with Crippen LogP contribution in [0.2, 0.25) is 0 Å². The minimum atomic E-state index is 0.973. The number of hydrogen-bond donors (Lipinski definition) is 0. The molecular formula is C14H20. The Bertz CT molecular complexity index is 233. The molecule has 0 atom stereocenters. The second-order valence-electron chi connectivity index (χ2n) is 3.06. The van der Waals surface area contributed by atoms with Crippen LogP contribution in [0.1, 0.15) is 25.3 Å². The Balaban J connectivity index is 0.000000292. The molecule has 0 fully saturated rings. The molecule has 0 heterocycles. The quantitative estimate of drug-likeness (QED) is 0.615. The molecule has 1 aromatic carbocycles. The van der Waals surface area contributed by atoms with E-state index in [1.807, 2.05) is 30.4 Å². The lowest BCUT2D eigenvalue weighted by Crippen LogP contribution is -1.75. The molecule has 0 nitrogen and oxygen atoms in total. The zero-order valence-electron chi connectivity index (χ0n) is 9.08. The first-order valence-corrected chi connectivity index (χ1v) is 5.10. The first kappa shape index (κ1) is 12.7. The van der Waals surface area contributed by atoms with Crippen molar-refractivity contribution in [3.63, 3.8) is 0 Å². The molecule has 76 valence electrons. The van der Waals surface area contributed by atoms with Crippen molar-refractivity contribution in [2.75, 3.05) is 0 Å². The fourth-order valence-electron chi connectivity index (χ4n) is 0.985. The van der Waals surface area contributed by atoms with E-state index in [1.165, 1.54) is 12.0 Å². The van der Waals surface area contributed by atoms with Gasteiger partial charge >= 0.3 is 0 Å². The van der Waals surface area contributed by atoms with Gasteiger partial charge in [0.05, 0.1) is 0 Å². The molecule has 0 heteroatoms. The van der Waals surface area contributed by atoms with E-state index in [9.17, 15) is 0 Å². The van der Waals surface area contributed by atoms with Crippen molar-refractivity contribution in [2.45, 2.75) is 26.2 Å². The van der Waals surface area contributed by atoms with E-state index in [1.54, 1.807) is 0 Å². The lowest BCUT2D eigenvalue weighted by atomic mass is 10.2. The average molecular weight is 188 g/mol. The minimum Gasteiger partial charge on any atom is -0.103 e. The SMILES string of the molecule is C=CCCC.C=CCc1ccccc1. The van der Waals surface area contributed by atoms with Crippen LogP contribution < -0.4 is 0 Å². The van der Waals surface area contributed by atoms with Crippen LogP contribution in [0.3, 0.4) is 0 Å². The molecule has 0 N–H and O–H groups in total. The van der Waals surface area contributed by atoms with E-state index in [4.69, 9.17) is 0 Å². The molecule has 0 spiro atoms. The Morgan fingerprint density at radius 1 is 1.07 bits per heavy atom. The Labute approximate surface area is 88.0 Å². The minimum absolute atomic E-state index is 0.973. The summed E-state index contributed by atoms with van der Waals surface area (Å²) in [6, 6.07) is 10.3. The van der Waals surface area contributed by atoms with Gasteiger partial charge in [-0.05, 0) is 18.4 Å². The molecule has 1 rings (SSSR count). The van der Waals surface area contributed by atoms with Crippen LogP contribution in [0.15, 0.2) is 55.6 Å². The Kier molecular flexibility index (Phi) is 8.88. The molecular weight excluding hydrogens is 168 g/mol. The van der Waals surface area contributed by atoms with Gasteiger partial charge in [0, 0.05) is 0 Å². The predicted octanol–water partition coefficient (Wildman–Crippen LogP) is 4.39. The summed E-state index contributed by atoms with van der Waals surface area (Å²) in [6.45, 7) is 9.35. The van der Waals surface area contributed by atoms with Gasteiger partial charge in [0.2, 0.25) is 0 Å². The zero-order valence-corrected chi connectivity index (χ0v) is 9.08. The number of unbranched alkanes of at least 4 members (excludes halogenated alkanes) is 1. The Hall–Kier alpha value is -1.30. The molecule has 0 aliphatic rings. The van der Waals surface area contributed by atoms with Crippen molar-refractivity contribution in [3.8, 4) is 0 Å². The summed E-state index contributed by atoms with van der Waals surface area (Å²) >= 11 is 0. The van der Waals surface area contributed by atoms with Crippen molar-refractivity contribution in [1.29, 1.82) is 0 Å². The molecule has 0 saturated heterocycles. The molecule has 0 aliphatic heterocycles. The highest BCUT2D eigenvalue weighted by molar-refractivity contribution is 5.16. The van der Waals surface area contributed by atoms with Crippen molar-refractivity contribution in [1.82, 2.24) is 0 Å². The van der Waals surface area contributed by atoms with Gasteiger partial charge < -0.3 is 0 Å². The van der Waals surface area contributed by atoms with Gasteiger partial charge in [0.25, 0.3) is 0 Å². The van der Waals surface area contributed by atoms with Crippen LogP contribution in [0, 0.1) is 0 Å². The first-order valence-electron chi connectivity index (χ1n) is 5.10. The maximum absolute atomic E-state index is 3.66. The summed E-state index contributed by atoms with van der Waals surface area (Å²) in [6.07, 6.45) is 7.19. The maximum Gasteiger partial charge on any atom is -0.0100 e. The standard InChI is InChI=1S/C9H10.C5H10/c1-2-6-9-7-4-3-5-8-9;1-3-5-4-2/h2-5,7-8H,1,6H2;3H,1,4-5H2,2H3. The van der Waals surface area contributed by atoms with Crippen LogP contribution in [0.5, 0.6) is 0 Å². The highest BCUT2D eigenvalue weighted by atomic mass is 13.9. The highest BCUT2D eigenvalue weighted by Crippen LogP contribution is 1.98.